The fraction of sp³-hybridized carbons (Fsp3) is 0.579. The van der Waals surface area contributed by atoms with Crippen LogP contribution in [-0.2, 0) is 15.9 Å². The lowest BCUT2D eigenvalue weighted by molar-refractivity contribution is -0.0101. The largest absolute Gasteiger partial charge is 0.507 e. The lowest BCUT2D eigenvalue weighted by Gasteiger charge is -2.28. The highest BCUT2D eigenvalue weighted by Crippen LogP contribution is 2.31. The van der Waals surface area contributed by atoms with Gasteiger partial charge in [-0.25, -0.2) is 0 Å². The molecule has 0 amide bonds. The van der Waals surface area contributed by atoms with E-state index in [0.717, 1.165) is 36.8 Å². The molecule has 0 unspecified atom stereocenters. The summed E-state index contributed by atoms with van der Waals surface area (Å²) < 4.78 is 11.8. The smallest absolute Gasteiger partial charge is 0.156 e. The molecule has 1 atom stereocenters. The summed E-state index contributed by atoms with van der Waals surface area (Å²) in [6.45, 7) is 17.2. The molecule has 0 spiro atoms. The summed E-state index contributed by atoms with van der Waals surface area (Å²) in [6, 6.07) is 3.27. The molecule has 254 valence electrons. The minimum Gasteiger partial charge on any atom is -0.507 e. The van der Waals surface area contributed by atoms with E-state index in [9.17, 15) is 25.5 Å². The van der Waals surface area contributed by atoms with Crippen LogP contribution < -0.4 is 0 Å². The van der Waals surface area contributed by atoms with Gasteiger partial charge < -0.3 is 35.0 Å². The van der Waals surface area contributed by atoms with Gasteiger partial charge in [-0.2, -0.15) is 0 Å². The summed E-state index contributed by atoms with van der Waals surface area (Å²) in [4.78, 5) is 0. The second-order valence-electron chi connectivity index (χ2n) is 14.2. The SMILES string of the molecule is COC(/C=C(\C=C\CCC(C)(C)CO)/C=C/c1cc(O)c(C/C=C(\C)CCCC(C)(C)O)c(O)c1)=C(/C)OC(C)(C)C[C@H](C)O. The maximum atomic E-state index is 10.8. The molecule has 0 aliphatic carbocycles. The van der Waals surface area contributed by atoms with Crippen molar-refractivity contribution < 1.29 is 35.0 Å². The molecule has 0 aliphatic rings. The average molecular weight is 629 g/mol. The molecular weight excluding hydrogens is 568 g/mol. The number of methoxy groups -OCH3 is 1. The number of hydrogen-bond acceptors (Lipinski definition) is 7. The van der Waals surface area contributed by atoms with Crippen LogP contribution in [0.4, 0.5) is 0 Å². The molecule has 7 heteroatoms. The lowest BCUT2D eigenvalue weighted by Crippen LogP contribution is -2.28. The van der Waals surface area contributed by atoms with Crippen LogP contribution in [0.5, 0.6) is 11.5 Å². The van der Waals surface area contributed by atoms with Gasteiger partial charge in [0.2, 0.25) is 0 Å². The van der Waals surface area contributed by atoms with E-state index in [2.05, 4.69) is 0 Å². The predicted molar refractivity (Wildman–Crippen MR) is 185 cm³/mol. The monoisotopic (exact) mass is 628 g/mol. The average Bonchev–Trinajstić information content (AvgIpc) is 2.89. The Morgan fingerprint density at radius 1 is 0.978 bits per heavy atom. The first-order chi connectivity index (χ1) is 20.8. The Bertz CT molecular complexity index is 1200. The number of phenols is 2. The molecule has 1 aromatic carbocycles. The van der Waals surface area contributed by atoms with Gasteiger partial charge >= 0.3 is 0 Å². The van der Waals surface area contributed by atoms with Crippen LogP contribution in [0.2, 0.25) is 0 Å². The van der Waals surface area contributed by atoms with Crippen molar-refractivity contribution in [1.82, 2.24) is 0 Å². The Balaban J connectivity index is 3.30. The minimum absolute atomic E-state index is 0.0181. The van der Waals surface area contributed by atoms with Crippen LogP contribution in [0, 0.1) is 5.41 Å². The fourth-order valence-corrected chi connectivity index (χ4v) is 4.94. The van der Waals surface area contributed by atoms with Crippen LogP contribution in [0.25, 0.3) is 6.08 Å². The zero-order valence-corrected chi connectivity index (χ0v) is 29.4. The van der Waals surface area contributed by atoms with E-state index in [1.807, 2.05) is 78.0 Å². The molecule has 0 heterocycles. The van der Waals surface area contributed by atoms with Gasteiger partial charge in [-0.3, -0.25) is 0 Å². The zero-order chi connectivity index (χ0) is 34.4. The van der Waals surface area contributed by atoms with Crippen LogP contribution >= 0.6 is 0 Å². The van der Waals surface area contributed by atoms with E-state index in [4.69, 9.17) is 9.47 Å². The predicted octanol–water partition coefficient (Wildman–Crippen LogP) is 8.27. The normalized spacial score (nSPS) is 15.1. The molecule has 0 bridgehead atoms. The van der Waals surface area contributed by atoms with Gasteiger partial charge in [0, 0.05) is 18.6 Å². The van der Waals surface area contributed by atoms with E-state index in [1.165, 1.54) is 0 Å². The molecule has 5 N–H and O–H groups in total. The van der Waals surface area contributed by atoms with Gasteiger partial charge in [0.15, 0.2) is 5.76 Å². The van der Waals surface area contributed by atoms with Crippen LogP contribution in [0.15, 0.2) is 65.2 Å². The first-order valence-corrected chi connectivity index (χ1v) is 16.0. The third-order valence-electron chi connectivity index (χ3n) is 7.51. The molecule has 0 aliphatic heterocycles. The van der Waals surface area contributed by atoms with E-state index >= 15 is 0 Å². The topological polar surface area (TPSA) is 120 Å². The maximum absolute atomic E-state index is 10.8. The van der Waals surface area contributed by atoms with Crippen molar-refractivity contribution in [1.29, 1.82) is 0 Å². The number of benzene rings is 1. The van der Waals surface area contributed by atoms with Gasteiger partial charge in [-0.1, -0.05) is 49.8 Å². The maximum Gasteiger partial charge on any atom is 0.156 e. The third-order valence-corrected chi connectivity index (χ3v) is 7.51. The molecule has 7 nitrogen and oxygen atoms in total. The molecule has 0 radical (unpaired) electrons. The van der Waals surface area contributed by atoms with Crippen molar-refractivity contribution in [3.63, 3.8) is 0 Å². The Kier molecular flexibility index (Phi) is 16.2. The summed E-state index contributed by atoms with van der Waals surface area (Å²) in [5.74, 6) is 1.14. The summed E-state index contributed by atoms with van der Waals surface area (Å²) in [6.07, 6.45) is 15.9. The summed E-state index contributed by atoms with van der Waals surface area (Å²) in [7, 11) is 1.58. The first kappa shape index (κ1) is 40.0. The van der Waals surface area contributed by atoms with Crippen LogP contribution in [0.3, 0.4) is 0 Å². The molecule has 1 aromatic rings. The number of allylic oxidation sites excluding steroid dienone is 8. The van der Waals surface area contributed by atoms with E-state index in [1.54, 1.807) is 40.0 Å². The number of aliphatic hydroxyl groups is 3. The van der Waals surface area contributed by atoms with Gasteiger partial charge in [-0.15, -0.1) is 0 Å². The summed E-state index contributed by atoms with van der Waals surface area (Å²) >= 11 is 0. The number of aliphatic hydroxyl groups excluding tert-OH is 2. The Morgan fingerprint density at radius 3 is 2.13 bits per heavy atom. The van der Waals surface area contributed by atoms with Crippen molar-refractivity contribution in [2.24, 2.45) is 5.41 Å². The van der Waals surface area contributed by atoms with Gasteiger partial charge in [0.25, 0.3) is 0 Å². The van der Waals surface area contributed by atoms with Gasteiger partial charge in [-0.05, 0) is 122 Å². The van der Waals surface area contributed by atoms with Crippen molar-refractivity contribution in [2.75, 3.05) is 13.7 Å². The molecule has 0 saturated heterocycles. The zero-order valence-electron chi connectivity index (χ0n) is 29.4. The number of phenolic OH excluding ortho intramolecular Hbond substituents is 2. The highest BCUT2D eigenvalue weighted by molar-refractivity contribution is 5.61. The Labute approximate surface area is 272 Å². The second kappa shape index (κ2) is 18.2. The standard InChI is InChI=1S/C38H60O7/c1-27(14-13-21-37(6,7)43)16-19-32-33(41)22-31(23-34(32)42)18-17-30(15-11-12-20-36(4,5)26-39)24-35(44-10)29(3)45-38(8,9)25-28(2)40/h11,15-18,22-24,28,39-43H,12-14,19-21,25-26H2,1-10H3/b15-11+,18-17+,27-16+,30-24+,35-29-/t28-/m0/s1. The highest BCUT2D eigenvalue weighted by Gasteiger charge is 2.23. The molecule has 0 fully saturated rings. The Hall–Kier alpha value is -3.00. The van der Waals surface area contributed by atoms with E-state index in [-0.39, 0.29) is 23.5 Å². The molecular formula is C38H60O7. The van der Waals surface area contributed by atoms with E-state index < -0.39 is 17.3 Å². The number of rotatable bonds is 19. The summed E-state index contributed by atoms with van der Waals surface area (Å²) in [5, 5.41) is 50.9. The van der Waals surface area contributed by atoms with Crippen molar-refractivity contribution in [2.45, 2.75) is 125 Å². The first-order valence-electron chi connectivity index (χ1n) is 16.0. The number of ether oxygens (including phenoxy) is 2. The Morgan fingerprint density at radius 2 is 1.60 bits per heavy atom. The van der Waals surface area contributed by atoms with Crippen molar-refractivity contribution >= 4 is 6.08 Å². The quantitative estimate of drug-likeness (QED) is 0.0594. The van der Waals surface area contributed by atoms with Crippen molar-refractivity contribution in [3.8, 4) is 11.5 Å². The van der Waals surface area contributed by atoms with Crippen LogP contribution in [-0.4, -0.2) is 56.6 Å². The molecule has 1 rings (SSSR count). The third kappa shape index (κ3) is 16.8. The van der Waals surface area contributed by atoms with Crippen LogP contribution in [0.1, 0.15) is 112 Å². The van der Waals surface area contributed by atoms with Gasteiger partial charge in [0.1, 0.15) is 22.9 Å². The lowest BCUT2D eigenvalue weighted by atomic mass is 9.89. The highest BCUT2D eigenvalue weighted by atomic mass is 16.5. The van der Waals surface area contributed by atoms with Gasteiger partial charge in [0.05, 0.1) is 18.8 Å². The minimum atomic E-state index is -0.689. The van der Waals surface area contributed by atoms with E-state index in [0.29, 0.717) is 41.9 Å². The summed E-state index contributed by atoms with van der Waals surface area (Å²) in [5.41, 5.74) is 1.58. The number of aromatic hydroxyl groups is 2. The van der Waals surface area contributed by atoms with Crippen molar-refractivity contribution in [3.05, 3.63) is 76.3 Å². The molecule has 45 heavy (non-hydrogen) atoms. The fourth-order valence-electron chi connectivity index (χ4n) is 4.94. The molecule has 0 aromatic heterocycles. The molecule has 0 saturated carbocycles. The number of hydrogen-bond donors (Lipinski definition) is 5. The second-order valence-corrected chi connectivity index (χ2v) is 14.2.